The standard InChI is InChI=1S/C20H36O2Si/c1-3-9-21-23(22-10-4-2,19-13-15-5-7-17(19)11-15)20-14-16-6-8-18(20)12-16/h15-20H,3-14H2,1-2H3. The number of fused-ring (bicyclic) bond motifs is 4. The predicted molar refractivity (Wildman–Crippen MR) is 96.6 cm³/mol. The van der Waals surface area contributed by atoms with Gasteiger partial charge in [-0.25, -0.2) is 0 Å². The third kappa shape index (κ3) is 2.85. The van der Waals surface area contributed by atoms with Gasteiger partial charge in [-0.3, -0.25) is 0 Å². The zero-order valence-electron chi connectivity index (χ0n) is 15.3. The molecule has 23 heavy (non-hydrogen) atoms. The average Bonchev–Trinajstić information content (AvgIpc) is 3.35. The first-order valence-electron chi connectivity index (χ1n) is 10.5. The Bertz CT molecular complexity index is 374. The van der Waals surface area contributed by atoms with Crippen molar-refractivity contribution >= 4 is 8.56 Å². The molecule has 2 nitrogen and oxygen atoms in total. The van der Waals surface area contributed by atoms with Gasteiger partial charge in [0.25, 0.3) is 0 Å². The van der Waals surface area contributed by atoms with Gasteiger partial charge in [0.1, 0.15) is 0 Å². The fourth-order valence-electron chi connectivity index (χ4n) is 6.74. The summed E-state index contributed by atoms with van der Waals surface area (Å²) in [5.74, 6) is 3.90. The van der Waals surface area contributed by atoms with Crippen molar-refractivity contribution in [1.29, 1.82) is 0 Å². The van der Waals surface area contributed by atoms with Crippen molar-refractivity contribution in [2.45, 2.75) is 89.1 Å². The van der Waals surface area contributed by atoms with Gasteiger partial charge in [-0.2, -0.15) is 0 Å². The second kappa shape index (κ2) is 6.80. The van der Waals surface area contributed by atoms with Crippen molar-refractivity contribution in [2.75, 3.05) is 13.2 Å². The normalized spacial score (nSPS) is 42.0. The van der Waals surface area contributed by atoms with Crippen LogP contribution < -0.4 is 0 Å². The van der Waals surface area contributed by atoms with Crippen LogP contribution in [-0.4, -0.2) is 21.8 Å². The molecule has 0 aromatic carbocycles. The van der Waals surface area contributed by atoms with E-state index in [1.165, 1.54) is 51.4 Å². The van der Waals surface area contributed by atoms with Gasteiger partial charge in [0, 0.05) is 24.3 Å². The molecule has 4 bridgehead atoms. The van der Waals surface area contributed by atoms with E-state index in [0.717, 1.165) is 60.8 Å². The topological polar surface area (TPSA) is 18.5 Å². The molecule has 4 fully saturated rings. The molecule has 0 aliphatic heterocycles. The smallest absolute Gasteiger partial charge is 0.345 e. The quantitative estimate of drug-likeness (QED) is 0.532. The Morgan fingerprint density at radius 1 is 0.696 bits per heavy atom. The minimum Gasteiger partial charge on any atom is -0.394 e. The van der Waals surface area contributed by atoms with Crippen LogP contribution in [0.25, 0.3) is 0 Å². The van der Waals surface area contributed by atoms with Gasteiger partial charge in [-0.15, -0.1) is 0 Å². The molecule has 0 spiro atoms. The summed E-state index contributed by atoms with van der Waals surface area (Å²) in [4.78, 5) is 0. The van der Waals surface area contributed by atoms with Crippen LogP contribution in [0, 0.1) is 23.7 Å². The fourth-order valence-corrected chi connectivity index (χ4v) is 12.5. The third-order valence-corrected chi connectivity index (χ3v) is 12.4. The molecule has 4 saturated carbocycles. The van der Waals surface area contributed by atoms with Crippen molar-refractivity contribution in [3.63, 3.8) is 0 Å². The van der Waals surface area contributed by atoms with Gasteiger partial charge < -0.3 is 8.85 Å². The Morgan fingerprint density at radius 3 is 1.48 bits per heavy atom. The Balaban J connectivity index is 1.62. The largest absolute Gasteiger partial charge is 0.394 e. The molecule has 4 rings (SSSR count). The minimum atomic E-state index is -2.08. The maximum atomic E-state index is 6.87. The molecule has 0 heterocycles. The van der Waals surface area contributed by atoms with Crippen molar-refractivity contribution in [2.24, 2.45) is 23.7 Å². The molecule has 0 saturated heterocycles. The van der Waals surface area contributed by atoms with Crippen molar-refractivity contribution in [3.8, 4) is 0 Å². The van der Waals surface area contributed by atoms with E-state index in [1.807, 2.05) is 0 Å². The van der Waals surface area contributed by atoms with Gasteiger partial charge in [-0.1, -0.05) is 39.5 Å². The molecule has 0 aromatic rings. The monoisotopic (exact) mass is 336 g/mol. The van der Waals surface area contributed by atoms with Crippen LogP contribution in [0.1, 0.15) is 78.1 Å². The van der Waals surface area contributed by atoms with Crippen LogP contribution in [0.2, 0.25) is 11.1 Å². The number of rotatable bonds is 8. The van der Waals surface area contributed by atoms with Crippen molar-refractivity contribution in [3.05, 3.63) is 0 Å². The summed E-state index contributed by atoms with van der Waals surface area (Å²) >= 11 is 0. The highest BCUT2D eigenvalue weighted by atomic mass is 28.4. The van der Waals surface area contributed by atoms with E-state index in [-0.39, 0.29) is 0 Å². The van der Waals surface area contributed by atoms with Crippen LogP contribution in [0.5, 0.6) is 0 Å². The van der Waals surface area contributed by atoms with Crippen LogP contribution >= 0.6 is 0 Å². The maximum Gasteiger partial charge on any atom is 0.345 e. The number of hydrogen-bond acceptors (Lipinski definition) is 2. The van der Waals surface area contributed by atoms with E-state index in [9.17, 15) is 0 Å². The maximum absolute atomic E-state index is 6.87. The lowest BCUT2D eigenvalue weighted by atomic mass is 9.99. The first-order chi connectivity index (χ1) is 11.3. The first-order valence-corrected chi connectivity index (χ1v) is 12.5. The van der Waals surface area contributed by atoms with Gasteiger partial charge in [0.05, 0.1) is 0 Å². The zero-order chi connectivity index (χ0) is 15.9. The Labute approximate surface area is 144 Å². The van der Waals surface area contributed by atoms with Gasteiger partial charge in [-0.05, 0) is 62.2 Å². The lowest BCUT2D eigenvalue weighted by Crippen LogP contribution is -2.54. The molecule has 0 amide bonds. The molecular weight excluding hydrogens is 300 g/mol. The SMILES string of the molecule is CCCO[Si](OCCC)(C1CC2CCC1C2)C1CC2CCC1C2. The van der Waals surface area contributed by atoms with Crippen molar-refractivity contribution < 1.29 is 8.85 Å². The lowest BCUT2D eigenvalue weighted by Gasteiger charge is -2.46. The van der Waals surface area contributed by atoms with Gasteiger partial charge in [0.15, 0.2) is 0 Å². The summed E-state index contributed by atoms with van der Waals surface area (Å²) in [6, 6.07) is 0. The molecule has 6 unspecified atom stereocenters. The van der Waals surface area contributed by atoms with Crippen LogP contribution in [0.3, 0.4) is 0 Å². The molecule has 0 radical (unpaired) electrons. The van der Waals surface area contributed by atoms with E-state index < -0.39 is 8.56 Å². The molecular formula is C20H36O2Si. The van der Waals surface area contributed by atoms with E-state index in [4.69, 9.17) is 8.85 Å². The van der Waals surface area contributed by atoms with E-state index in [1.54, 1.807) is 0 Å². The third-order valence-electron chi connectivity index (χ3n) is 7.57. The highest BCUT2D eigenvalue weighted by molar-refractivity contribution is 6.71. The van der Waals surface area contributed by atoms with Gasteiger partial charge in [0.2, 0.25) is 0 Å². The van der Waals surface area contributed by atoms with E-state index in [0.29, 0.717) is 0 Å². The summed E-state index contributed by atoms with van der Waals surface area (Å²) in [6.45, 7) is 6.41. The average molecular weight is 337 g/mol. The molecule has 0 N–H and O–H groups in total. The molecule has 0 aromatic heterocycles. The van der Waals surface area contributed by atoms with Crippen LogP contribution in [0.15, 0.2) is 0 Å². The minimum absolute atomic E-state index is 0.823. The summed E-state index contributed by atoms with van der Waals surface area (Å²) < 4.78 is 13.7. The molecule has 4 aliphatic rings. The summed E-state index contributed by atoms with van der Waals surface area (Å²) in [6.07, 6.45) is 14.1. The highest BCUT2D eigenvalue weighted by Gasteiger charge is 2.63. The number of hydrogen-bond donors (Lipinski definition) is 0. The molecule has 4 aliphatic carbocycles. The summed E-state index contributed by atoms with van der Waals surface area (Å²) in [5.41, 5.74) is 1.65. The molecule has 3 heteroatoms. The zero-order valence-corrected chi connectivity index (χ0v) is 16.3. The first kappa shape index (κ1) is 16.6. The van der Waals surface area contributed by atoms with E-state index >= 15 is 0 Å². The Hall–Kier alpha value is 0.137. The lowest BCUT2D eigenvalue weighted by molar-refractivity contribution is 0.129. The molecule has 6 atom stereocenters. The summed E-state index contributed by atoms with van der Waals surface area (Å²) in [5, 5.41) is 0. The van der Waals surface area contributed by atoms with Crippen molar-refractivity contribution in [1.82, 2.24) is 0 Å². The molecule has 132 valence electrons. The Kier molecular flexibility index (Phi) is 4.91. The second-order valence-electron chi connectivity index (χ2n) is 8.98. The van der Waals surface area contributed by atoms with Gasteiger partial charge >= 0.3 is 8.56 Å². The summed E-state index contributed by atoms with van der Waals surface area (Å²) in [7, 11) is -2.08. The van der Waals surface area contributed by atoms with Crippen LogP contribution in [0.4, 0.5) is 0 Å². The Morgan fingerprint density at radius 2 is 1.17 bits per heavy atom. The second-order valence-corrected chi connectivity index (χ2v) is 12.5. The predicted octanol–water partition coefficient (Wildman–Crippen LogP) is 5.66. The van der Waals surface area contributed by atoms with E-state index in [2.05, 4.69) is 13.8 Å². The fraction of sp³-hybridized carbons (Fsp3) is 1.00. The van der Waals surface area contributed by atoms with Crippen LogP contribution in [-0.2, 0) is 8.85 Å². The highest BCUT2D eigenvalue weighted by Crippen LogP contribution is 2.64.